The lowest BCUT2D eigenvalue weighted by Gasteiger charge is -2.00. The SMILES string of the molecule is Nc1nc(C(=O)O)cc(-c2cccs2)n1. The van der Waals surface area contributed by atoms with Crippen molar-refractivity contribution in [1.82, 2.24) is 9.97 Å². The van der Waals surface area contributed by atoms with E-state index in [9.17, 15) is 4.79 Å². The Balaban J connectivity index is 2.54. The smallest absolute Gasteiger partial charge is 0.354 e. The van der Waals surface area contributed by atoms with E-state index in [1.165, 1.54) is 17.4 Å². The van der Waals surface area contributed by atoms with Crippen LogP contribution in [-0.2, 0) is 0 Å². The number of anilines is 1. The summed E-state index contributed by atoms with van der Waals surface area (Å²) >= 11 is 1.47. The van der Waals surface area contributed by atoms with Crippen molar-refractivity contribution < 1.29 is 9.90 Å². The molecule has 0 unspecified atom stereocenters. The summed E-state index contributed by atoms with van der Waals surface area (Å²) in [5, 5.41) is 10.7. The molecule has 76 valence electrons. The fourth-order valence-electron chi connectivity index (χ4n) is 1.13. The van der Waals surface area contributed by atoms with Gasteiger partial charge in [-0.3, -0.25) is 0 Å². The largest absolute Gasteiger partial charge is 0.477 e. The molecule has 2 heterocycles. The Hall–Kier alpha value is -1.95. The lowest BCUT2D eigenvalue weighted by Crippen LogP contribution is -2.05. The number of nitrogens with two attached hydrogens (primary N) is 1. The zero-order valence-electron chi connectivity index (χ0n) is 7.54. The minimum Gasteiger partial charge on any atom is -0.477 e. The first-order valence-electron chi connectivity index (χ1n) is 4.08. The van der Waals surface area contributed by atoms with Gasteiger partial charge in [-0.15, -0.1) is 11.3 Å². The van der Waals surface area contributed by atoms with E-state index in [0.717, 1.165) is 4.88 Å². The fourth-order valence-corrected chi connectivity index (χ4v) is 1.81. The maximum atomic E-state index is 10.7. The standard InChI is InChI=1S/C9H7N3O2S/c10-9-11-5(7-2-1-3-15-7)4-6(12-9)8(13)14/h1-4H,(H,13,14)(H2,10,11,12). The molecule has 0 radical (unpaired) electrons. The van der Waals surface area contributed by atoms with E-state index in [2.05, 4.69) is 9.97 Å². The first kappa shape index (κ1) is 9.60. The monoisotopic (exact) mass is 221 g/mol. The molecule has 15 heavy (non-hydrogen) atoms. The van der Waals surface area contributed by atoms with Gasteiger partial charge in [0.2, 0.25) is 5.95 Å². The zero-order chi connectivity index (χ0) is 10.8. The van der Waals surface area contributed by atoms with Crippen LogP contribution in [0.25, 0.3) is 10.6 Å². The van der Waals surface area contributed by atoms with Crippen molar-refractivity contribution in [2.75, 3.05) is 5.73 Å². The number of thiophene rings is 1. The average molecular weight is 221 g/mol. The molecule has 0 aromatic carbocycles. The Morgan fingerprint density at radius 1 is 1.47 bits per heavy atom. The molecule has 2 aromatic rings. The number of hydrogen-bond acceptors (Lipinski definition) is 5. The molecule has 0 amide bonds. The Morgan fingerprint density at radius 3 is 2.87 bits per heavy atom. The van der Waals surface area contributed by atoms with E-state index in [-0.39, 0.29) is 11.6 Å². The third-order valence-electron chi connectivity index (χ3n) is 1.74. The summed E-state index contributed by atoms with van der Waals surface area (Å²) in [6.45, 7) is 0. The summed E-state index contributed by atoms with van der Waals surface area (Å²) in [7, 11) is 0. The molecule has 0 atom stereocenters. The summed E-state index contributed by atoms with van der Waals surface area (Å²) in [6.07, 6.45) is 0. The van der Waals surface area contributed by atoms with E-state index < -0.39 is 5.97 Å². The summed E-state index contributed by atoms with van der Waals surface area (Å²) in [4.78, 5) is 19.2. The molecule has 2 rings (SSSR count). The van der Waals surface area contributed by atoms with Gasteiger partial charge in [0.15, 0.2) is 5.69 Å². The van der Waals surface area contributed by atoms with Crippen molar-refractivity contribution in [3.63, 3.8) is 0 Å². The molecule has 2 aromatic heterocycles. The van der Waals surface area contributed by atoms with Gasteiger partial charge in [0.1, 0.15) is 0 Å². The van der Waals surface area contributed by atoms with Gasteiger partial charge in [0.25, 0.3) is 0 Å². The molecule has 6 heteroatoms. The van der Waals surface area contributed by atoms with Crippen LogP contribution in [0.15, 0.2) is 23.6 Å². The second-order valence-corrected chi connectivity index (χ2v) is 3.73. The van der Waals surface area contributed by atoms with Crippen LogP contribution in [-0.4, -0.2) is 21.0 Å². The Morgan fingerprint density at radius 2 is 2.27 bits per heavy atom. The molecule has 0 saturated carbocycles. The Bertz CT molecular complexity index is 496. The van der Waals surface area contributed by atoms with Crippen molar-refractivity contribution in [3.8, 4) is 10.6 Å². The average Bonchev–Trinajstić information content (AvgIpc) is 2.69. The van der Waals surface area contributed by atoms with Crippen LogP contribution in [0, 0.1) is 0 Å². The quantitative estimate of drug-likeness (QED) is 0.801. The fraction of sp³-hybridized carbons (Fsp3) is 0. The molecule has 0 fully saturated rings. The van der Waals surface area contributed by atoms with E-state index in [1.54, 1.807) is 0 Å². The van der Waals surface area contributed by atoms with E-state index in [0.29, 0.717) is 5.69 Å². The number of carboxylic acid groups (broad SMARTS) is 1. The predicted molar refractivity (Wildman–Crippen MR) is 56.7 cm³/mol. The van der Waals surface area contributed by atoms with Crippen LogP contribution in [0.4, 0.5) is 5.95 Å². The highest BCUT2D eigenvalue weighted by Crippen LogP contribution is 2.23. The number of aromatic nitrogens is 2. The van der Waals surface area contributed by atoms with Gasteiger partial charge in [-0.1, -0.05) is 6.07 Å². The number of hydrogen-bond donors (Lipinski definition) is 2. The van der Waals surface area contributed by atoms with E-state index in [4.69, 9.17) is 10.8 Å². The maximum absolute atomic E-state index is 10.7. The number of carboxylic acids is 1. The van der Waals surface area contributed by atoms with Crippen molar-refractivity contribution in [2.45, 2.75) is 0 Å². The normalized spacial score (nSPS) is 10.1. The highest BCUT2D eigenvalue weighted by atomic mass is 32.1. The molecule has 3 N–H and O–H groups in total. The lowest BCUT2D eigenvalue weighted by atomic mass is 10.3. The molecular weight excluding hydrogens is 214 g/mol. The van der Waals surface area contributed by atoms with Gasteiger partial charge < -0.3 is 10.8 Å². The maximum Gasteiger partial charge on any atom is 0.354 e. The second kappa shape index (κ2) is 3.66. The summed E-state index contributed by atoms with van der Waals surface area (Å²) < 4.78 is 0. The van der Waals surface area contributed by atoms with Gasteiger partial charge in [-0.25, -0.2) is 14.8 Å². The molecule has 0 spiro atoms. The van der Waals surface area contributed by atoms with Crippen LogP contribution in [0.2, 0.25) is 0 Å². The zero-order valence-corrected chi connectivity index (χ0v) is 8.36. The van der Waals surface area contributed by atoms with Crippen LogP contribution < -0.4 is 5.73 Å². The number of aromatic carboxylic acids is 1. The van der Waals surface area contributed by atoms with Crippen LogP contribution in [0.5, 0.6) is 0 Å². The van der Waals surface area contributed by atoms with Crippen LogP contribution in [0.1, 0.15) is 10.5 Å². The van der Waals surface area contributed by atoms with Crippen LogP contribution in [0.3, 0.4) is 0 Å². The summed E-state index contributed by atoms with van der Waals surface area (Å²) in [6, 6.07) is 5.11. The van der Waals surface area contributed by atoms with Crippen molar-refractivity contribution in [2.24, 2.45) is 0 Å². The number of nitrogens with zero attached hydrogens (tertiary/aromatic N) is 2. The lowest BCUT2D eigenvalue weighted by molar-refractivity contribution is 0.0690. The van der Waals surface area contributed by atoms with E-state index >= 15 is 0 Å². The molecule has 0 bridgehead atoms. The first-order chi connectivity index (χ1) is 7.16. The Kier molecular flexibility index (Phi) is 2.34. The third-order valence-corrected chi connectivity index (χ3v) is 2.63. The van der Waals surface area contributed by atoms with E-state index in [1.807, 2.05) is 17.5 Å². The second-order valence-electron chi connectivity index (χ2n) is 2.78. The van der Waals surface area contributed by atoms with Gasteiger partial charge in [-0.2, -0.15) is 0 Å². The first-order valence-corrected chi connectivity index (χ1v) is 4.96. The van der Waals surface area contributed by atoms with Gasteiger partial charge in [-0.05, 0) is 17.5 Å². The minimum atomic E-state index is -1.11. The van der Waals surface area contributed by atoms with Gasteiger partial charge >= 0.3 is 5.97 Å². The molecule has 0 saturated heterocycles. The minimum absolute atomic E-state index is 0.0294. The highest BCUT2D eigenvalue weighted by Gasteiger charge is 2.10. The third kappa shape index (κ3) is 1.94. The molecule has 0 aliphatic carbocycles. The molecular formula is C9H7N3O2S. The molecule has 0 aliphatic rings. The van der Waals surface area contributed by atoms with Crippen molar-refractivity contribution in [1.29, 1.82) is 0 Å². The summed E-state index contributed by atoms with van der Waals surface area (Å²) in [5.74, 6) is -1.14. The number of nitrogen functional groups attached to an aromatic ring is 1. The Labute approximate surface area is 89.2 Å². The molecule has 0 aliphatic heterocycles. The molecule has 5 nitrogen and oxygen atoms in total. The topological polar surface area (TPSA) is 89.1 Å². The highest BCUT2D eigenvalue weighted by molar-refractivity contribution is 7.13. The number of carbonyl (C=O) groups is 1. The van der Waals surface area contributed by atoms with Crippen LogP contribution >= 0.6 is 11.3 Å². The van der Waals surface area contributed by atoms with Crippen molar-refractivity contribution in [3.05, 3.63) is 29.3 Å². The van der Waals surface area contributed by atoms with Crippen molar-refractivity contribution >= 4 is 23.3 Å². The number of rotatable bonds is 2. The summed E-state index contributed by atoms with van der Waals surface area (Å²) in [5.41, 5.74) is 5.87. The van der Waals surface area contributed by atoms with Gasteiger partial charge in [0, 0.05) is 0 Å². The van der Waals surface area contributed by atoms with Gasteiger partial charge in [0.05, 0.1) is 10.6 Å². The predicted octanol–water partition coefficient (Wildman–Crippen LogP) is 1.49.